The average molecular weight is 623 g/mol. The molecule has 10 nitrogen and oxygen atoms in total. The molecule has 0 aliphatic carbocycles. The Labute approximate surface area is 272 Å². The second-order valence-corrected chi connectivity index (χ2v) is 13.0. The summed E-state index contributed by atoms with van der Waals surface area (Å²) in [5, 5.41) is 8.84. The van der Waals surface area contributed by atoms with Crippen LogP contribution in [0.5, 0.6) is 0 Å². The highest BCUT2D eigenvalue weighted by Crippen LogP contribution is 2.43. The van der Waals surface area contributed by atoms with Gasteiger partial charge in [-0.3, -0.25) is 14.7 Å². The third-order valence-corrected chi connectivity index (χ3v) is 10.1. The van der Waals surface area contributed by atoms with Gasteiger partial charge in [-0.25, -0.2) is 4.99 Å². The zero-order valence-corrected chi connectivity index (χ0v) is 26.9. The number of amidine groups is 1. The Bertz CT molecular complexity index is 1570. The molecule has 0 radical (unpaired) electrons. The Morgan fingerprint density at radius 2 is 1.89 bits per heavy atom. The second kappa shape index (κ2) is 13.6. The van der Waals surface area contributed by atoms with Gasteiger partial charge in [-0.1, -0.05) is 36.9 Å². The van der Waals surface area contributed by atoms with Gasteiger partial charge in [-0.15, -0.1) is 0 Å². The lowest BCUT2D eigenvalue weighted by Crippen LogP contribution is -2.39. The molecule has 10 heteroatoms. The number of nitrogens with two attached hydrogens (primary N) is 2. The third kappa shape index (κ3) is 6.50. The van der Waals surface area contributed by atoms with E-state index in [4.69, 9.17) is 21.6 Å². The molecule has 242 valence electrons. The SMILES string of the molecule is C=C(CN1CC[C@]2(CCN(c3ccc(N)c(C(=N)C4CCOCC4)c3)C2=O)C1)N1CC=C(c2ccc(C(N)=NC=NC)cc2)CC1. The zero-order chi connectivity index (χ0) is 32.3. The Balaban J connectivity index is 1.04. The molecule has 2 aromatic rings. The smallest absolute Gasteiger partial charge is 0.234 e. The molecule has 0 unspecified atom stereocenters. The summed E-state index contributed by atoms with van der Waals surface area (Å²) < 4.78 is 5.49. The van der Waals surface area contributed by atoms with E-state index in [0.717, 1.165) is 87.3 Å². The van der Waals surface area contributed by atoms with Crippen LogP contribution >= 0.6 is 0 Å². The largest absolute Gasteiger partial charge is 0.398 e. The van der Waals surface area contributed by atoms with E-state index in [-0.39, 0.29) is 17.2 Å². The number of hydrogen-bond acceptors (Lipinski definition) is 7. The summed E-state index contributed by atoms with van der Waals surface area (Å²) in [5.41, 5.74) is 19.2. The summed E-state index contributed by atoms with van der Waals surface area (Å²) in [6.07, 6.45) is 8.05. The lowest BCUT2D eigenvalue weighted by Gasteiger charge is -2.32. The molecule has 3 saturated heterocycles. The highest BCUT2D eigenvalue weighted by molar-refractivity contribution is 6.07. The number of amides is 1. The van der Waals surface area contributed by atoms with Gasteiger partial charge in [0.1, 0.15) is 12.2 Å². The summed E-state index contributed by atoms with van der Waals surface area (Å²) >= 11 is 0. The van der Waals surface area contributed by atoms with Crippen molar-refractivity contribution in [2.45, 2.75) is 32.1 Å². The van der Waals surface area contributed by atoms with Crippen molar-refractivity contribution in [3.63, 3.8) is 0 Å². The number of likely N-dealkylation sites (tertiary alicyclic amines) is 1. The zero-order valence-electron chi connectivity index (χ0n) is 26.9. The summed E-state index contributed by atoms with van der Waals surface area (Å²) in [4.78, 5) is 28.6. The minimum Gasteiger partial charge on any atom is -0.398 e. The number of nitrogen functional groups attached to an aromatic ring is 1. The number of carbonyl (C=O) groups excluding carboxylic acids is 1. The minimum absolute atomic E-state index is 0.142. The van der Waals surface area contributed by atoms with Gasteiger partial charge in [0.25, 0.3) is 0 Å². The summed E-state index contributed by atoms with van der Waals surface area (Å²) in [5.74, 6) is 0.787. The minimum atomic E-state index is -0.366. The number of ether oxygens (including phenoxy) is 1. The van der Waals surface area contributed by atoms with Crippen LogP contribution < -0.4 is 16.4 Å². The van der Waals surface area contributed by atoms with Gasteiger partial charge >= 0.3 is 0 Å². The molecule has 1 spiro atoms. The maximum Gasteiger partial charge on any atom is 0.234 e. The number of nitrogens with zero attached hydrogens (tertiary/aromatic N) is 5. The van der Waals surface area contributed by atoms with Gasteiger partial charge in [-0.05, 0) is 68.0 Å². The maximum absolute atomic E-state index is 13.9. The number of aliphatic imine (C=N–C) groups is 2. The van der Waals surface area contributed by atoms with Gasteiger partial charge in [0.05, 0.1) is 5.41 Å². The van der Waals surface area contributed by atoms with Crippen LogP contribution in [0.2, 0.25) is 0 Å². The first-order valence-electron chi connectivity index (χ1n) is 16.3. The third-order valence-electron chi connectivity index (χ3n) is 10.1. The van der Waals surface area contributed by atoms with Crippen LogP contribution in [0.1, 0.15) is 48.8 Å². The molecule has 3 fully saturated rings. The van der Waals surface area contributed by atoms with Crippen LogP contribution in [0, 0.1) is 16.7 Å². The van der Waals surface area contributed by atoms with Crippen LogP contribution in [0.15, 0.2) is 70.8 Å². The summed E-state index contributed by atoms with van der Waals surface area (Å²) in [6.45, 7) is 10.6. The number of rotatable bonds is 9. The van der Waals surface area contributed by atoms with Gasteiger partial charge < -0.3 is 31.4 Å². The Hall–Kier alpha value is -4.28. The fraction of sp³-hybridized carbons (Fsp3) is 0.444. The number of anilines is 2. The van der Waals surface area contributed by atoms with Gasteiger partial charge in [0, 0.05) is 92.8 Å². The van der Waals surface area contributed by atoms with Crippen LogP contribution in [-0.4, -0.2) is 93.1 Å². The highest BCUT2D eigenvalue weighted by Gasteiger charge is 2.51. The molecular weight excluding hydrogens is 576 g/mol. The van der Waals surface area contributed by atoms with Crippen LogP contribution in [0.3, 0.4) is 0 Å². The Morgan fingerprint density at radius 3 is 2.61 bits per heavy atom. The molecule has 5 N–H and O–H groups in total. The Kier molecular flexibility index (Phi) is 9.37. The average Bonchev–Trinajstić information content (AvgIpc) is 3.65. The van der Waals surface area contributed by atoms with Crippen molar-refractivity contribution in [2.24, 2.45) is 27.1 Å². The molecule has 2 aromatic carbocycles. The van der Waals surface area contributed by atoms with Crippen molar-refractivity contribution < 1.29 is 9.53 Å². The topological polar surface area (TPSA) is 137 Å². The predicted octanol–water partition coefficient (Wildman–Crippen LogP) is 4.16. The molecule has 6 rings (SSSR count). The van der Waals surface area contributed by atoms with Gasteiger partial charge in [-0.2, -0.15) is 0 Å². The van der Waals surface area contributed by atoms with Crippen molar-refractivity contribution in [3.8, 4) is 0 Å². The van der Waals surface area contributed by atoms with E-state index in [1.165, 1.54) is 17.5 Å². The molecule has 0 aromatic heterocycles. The normalized spacial score (nSPS) is 23.1. The molecule has 1 atom stereocenters. The van der Waals surface area contributed by atoms with E-state index in [1.807, 2.05) is 35.2 Å². The molecule has 4 heterocycles. The monoisotopic (exact) mass is 622 g/mol. The first kappa shape index (κ1) is 31.7. The highest BCUT2D eigenvalue weighted by atomic mass is 16.5. The number of benzene rings is 2. The van der Waals surface area contributed by atoms with E-state index in [0.29, 0.717) is 37.0 Å². The quantitative estimate of drug-likeness (QED) is 0.218. The van der Waals surface area contributed by atoms with Crippen molar-refractivity contribution in [3.05, 3.63) is 77.5 Å². The first-order valence-corrected chi connectivity index (χ1v) is 16.3. The van der Waals surface area contributed by atoms with Crippen LogP contribution in [-0.2, 0) is 9.53 Å². The fourth-order valence-electron chi connectivity index (χ4n) is 7.32. The van der Waals surface area contributed by atoms with Gasteiger partial charge in [0.2, 0.25) is 5.91 Å². The molecule has 4 aliphatic heterocycles. The van der Waals surface area contributed by atoms with E-state index >= 15 is 0 Å². The molecular formula is C36H46N8O2. The lowest BCUT2D eigenvalue weighted by atomic mass is 9.85. The van der Waals surface area contributed by atoms with Crippen LogP contribution in [0.4, 0.5) is 11.4 Å². The van der Waals surface area contributed by atoms with Crippen LogP contribution in [0.25, 0.3) is 5.57 Å². The maximum atomic E-state index is 13.9. The van der Waals surface area contributed by atoms with Gasteiger partial charge in [0.15, 0.2) is 0 Å². The summed E-state index contributed by atoms with van der Waals surface area (Å²) in [7, 11) is 1.67. The van der Waals surface area contributed by atoms with E-state index < -0.39 is 0 Å². The van der Waals surface area contributed by atoms with Crippen molar-refractivity contribution >= 4 is 40.7 Å². The lowest BCUT2D eigenvalue weighted by molar-refractivity contribution is -0.125. The number of hydrogen-bond donors (Lipinski definition) is 3. The molecule has 1 amide bonds. The molecule has 4 aliphatic rings. The number of nitrogens with one attached hydrogen (secondary N) is 1. The van der Waals surface area contributed by atoms with Crippen molar-refractivity contribution in [1.29, 1.82) is 5.41 Å². The summed E-state index contributed by atoms with van der Waals surface area (Å²) in [6, 6.07) is 13.9. The van der Waals surface area contributed by atoms with E-state index in [1.54, 1.807) is 7.05 Å². The fourth-order valence-corrected chi connectivity index (χ4v) is 7.32. The molecule has 0 saturated carbocycles. The van der Waals surface area contributed by atoms with E-state index in [2.05, 4.69) is 44.6 Å². The molecule has 0 bridgehead atoms. The van der Waals surface area contributed by atoms with E-state index in [9.17, 15) is 4.79 Å². The Morgan fingerprint density at radius 1 is 1.13 bits per heavy atom. The second-order valence-electron chi connectivity index (χ2n) is 13.0. The number of carbonyl (C=O) groups is 1. The van der Waals surface area contributed by atoms with Crippen molar-refractivity contribution in [1.82, 2.24) is 9.80 Å². The predicted molar refractivity (Wildman–Crippen MR) is 187 cm³/mol. The first-order chi connectivity index (χ1) is 22.3. The standard InChI is InChI=1S/C36H46N8O2/c1-25(43-15-9-27(10-16-43)26-3-5-29(6-4-26)34(39)41-24-40-2)22-42-17-13-36(23-42)14-18-44(35(36)45)30-7-8-32(37)31(21-30)33(38)28-11-19-46-20-12-28/h3-9,21,24,28,38H,1,10-20,22-23,37H2,2H3,(H2,39,40,41)/t36-/m0/s1. The van der Waals surface area contributed by atoms with Crippen molar-refractivity contribution in [2.75, 3.05) is 70.2 Å². The molecule has 46 heavy (non-hydrogen) atoms.